The van der Waals surface area contributed by atoms with Crippen LogP contribution >= 0.6 is 0 Å². The fourth-order valence-electron chi connectivity index (χ4n) is 4.73. The molecule has 0 radical (unpaired) electrons. The van der Waals surface area contributed by atoms with E-state index in [1.54, 1.807) is 0 Å². The lowest BCUT2D eigenvalue weighted by Crippen LogP contribution is -2.14. The molecule has 0 bridgehead atoms. The first kappa shape index (κ1) is 18.8. The minimum Gasteiger partial charge on any atom is -0.416 e. The van der Waals surface area contributed by atoms with E-state index in [9.17, 15) is 0 Å². The van der Waals surface area contributed by atoms with Crippen molar-refractivity contribution in [3.8, 4) is 45.2 Å². The van der Waals surface area contributed by atoms with Gasteiger partial charge in [-0.1, -0.05) is 80.6 Å². The van der Waals surface area contributed by atoms with Crippen LogP contribution < -0.4 is 0 Å². The molecular formula is C29H22N2O. The second-order valence-corrected chi connectivity index (χ2v) is 8.79. The van der Waals surface area contributed by atoms with E-state index in [0.29, 0.717) is 11.8 Å². The summed E-state index contributed by atoms with van der Waals surface area (Å²) in [5.74, 6) is 1.06. The van der Waals surface area contributed by atoms with Gasteiger partial charge in [0, 0.05) is 16.5 Å². The van der Waals surface area contributed by atoms with Crippen molar-refractivity contribution in [3.63, 3.8) is 0 Å². The zero-order valence-corrected chi connectivity index (χ0v) is 18.0. The van der Waals surface area contributed by atoms with Crippen LogP contribution in [0.2, 0.25) is 0 Å². The maximum Gasteiger partial charge on any atom is 0.248 e. The third kappa shape index (κ3) is 2.89. The van der Waals surface area contributed by atoms with Crippen LogP contribution in [-0.2, 0) is 5.41 Å². The van der Waals surface area contributed by atoms with E-state index in [1.165, 1.54) is 33.4 Å². The summed E-state index contributed by atoms with van der Waals surface area (Å²) in [5, 5.41) is 8.44. The van der Waals surface area contributed by atoms with E-state index in [0.717, 1.165) is 11.1 Å². The van der Waals surface area contributed by atoms with Gasteiger partial charge in [-0.05, 0) is 63.7 Å². The van der Waals surface area contributed by atoms with E-state index >= 15 is 0 Å². The fourth-order valence-corrected chi connectivity index (χ4v) is 4.73. The van der Waals surface area contributed by atoms with Crippen molar-refractivity contribution in [3.05, 3.63) is 108 Å². The van der Waals surface area contributed by atoms with Gasteiger partial charge in [0.1, 0.15) is 0 Å². The van der Waals surface area contributed by atoms with Gasteiger partial charge in [0.2, 0.25) is 11.8 Å². The highest BCUT2D eigenvalue weighted by atomic mass is 16.4. The summed E-state index contributed by atoms with van der Waals surface area (Å²) in [7, 11) is 0. The maximum absolute atomic E-state index is 5.90. The van der Waals surface area contributed by atoms with E-state index in [1.807, 2.05) is 42.5 Å². The monoisotopic (exact) mass is 414 g/mol. The molecule has 0 amide bonds. The van der Waals surface area contributed by atoms with Crippen molar-refractivity contribution in [1.29, 1.82) is 0 Å². The Balaban J connectivity index is 1.32. The van der Waals surface area contributed by atoms with Crippen molar-refractivity contribution in [2.75, 3.05) is 0 Å². The molecule has 5 aromatic rings. The smallest absolute Gasteiger partial charge is 0.248 e. The number of hydrogen-bond acceptors (Lipinski definition) is 3. The first-order chi connectivity index (χ1) is 15.6. The predicted molar refractivity (Wildman–Crippen MR) is 128 cm³/mol. The van der Waals surface area contributed by atoms with Gasteiger partial charge in [-0.3, -0.25) is 0 Å². The molecule has 0 saturated carbocycles. The van der Waals surface area contributed by atoms with E-state index in [2.05, 4.69) is 78.6 Å². The predicted octanol–water partition coefficient (Wildman–Crippen LogP) is 7.38. The molecule has 32 heavy (non-hydrogen) atoms. The number of rotatable bonds is 3. The Morgan fingerprint density at radius 3 is 1.84 bits per heavy atom. The molecule has 154 valence electrons. The second-order valence-electron chi connectivity index (χ2n) is 8.79. The quantitative estimate of drug-likeness (QED) is 0.309. The molecule has 0 aliphatic heterocycles. The van der Waals surface area contributed by atoms with E-state index in [4.69, 9.17) is 4.42 Å². The average molecular weight is 415 g/mol. The lowest BCUT2D eigenvalue weighted by atomic mass is 9.81. The van der Waals surface area contributed by atoms with Crippen molar-refractivity contribution in [1.82, 2.24) is 10.2 Å². The van der Waals surface area contributed by atoms with Gasteiger partial charge in [0.15, 0.2) is 0 Å². The number of benzene rings is 4. The number of aromatic nitrogens is 2. The lowest BCUT2D eigenvalue weighted by Gasteiger charge is -2.22. The highest BCUT2D eigenvalue weighted by molar-refractivity contribution is 5.83. The normalized spacial score (nSPS) is 13.6. The summed E-state index contributed by atoms with van der Waals surface area (Å²) in [6.07, 6.45) is 0. The van der Waals surface area contributed by atoms with Gasteiger partial charge in [0.25, 0.3) is 0 Å². The zero-order valence-electron chi connectivity index (χ0n) is 18.0. The van der Waals surface area contributed by atoms with E-state index < -0.39 is 0 Å². The molecule has 0 fully saturated rings. The Kier molecular flexibility index (Phi) is 4.12. The van der Waals surface area contributed by atoms with Gasteiger partial charge in [-0.15, -0.1) is 10.2 Å². The van der Waals surface area contributed by atoms with Crippen LogP contribution in [0.25, 0.3) is 45.2 Å². The Hall–Kier alpha value is -3.98. The van der Waals surface area contributed by atoms with Gasteiger partial charge < -0.3 is 4.42 Å². The summed E-state index contributed by atoms with van der Waals surface area (Å²) in [6.45, 7) is 4.62. The molecule has 0 saturated heterocycles. The molecule has 1 aliphatic rings. The molecule has 1 aliphatic carbocycles. The summed E-state index contributed by atoms with van der Waals surface area (Å²) in [4.78, 5) is 0. The van der Waals surface area contributed by atoms with E-state index in [-0.39, 0.29) is 5.41 Å². The third-order valence-corrected chi connectivity index (χ3v) is 6.49. The molecule has 4 aromatic carbocycles. The van der Waals surface area contributed by atoms with Crippen LogP contribution in [0.1, 0.15) is 25.0 Å². The fraction of sp³-hybridized carbons (Fsp3) is 0.103. The molecule has 1 heterocycles. The van der Waals surface area contributed by atoms with Crippen LogP contribution in [0.3, 0.4) is 0 Å². The van der Waals surface area contributed by atoms with Crippen LogP contribution in [0, 0.1) is 0 Å². The van der Waals surface area contributed by atoms with Gasteiger partial charge in [0.05, 0.1) is 0 Å². The molecule has 3 heteroatoms. The SMILES string of the molecule is CC1(C)c2ccccc2-c2ccc(-c3ccc(-c4nnc(-c5ccccc5)o4)cc3)cc21. The molecule has 6 rings (SSSR count). The Labute approximate surface area is 187 Å². The third-order valence-electron chi connectivity index (χ3n) is 6.49. The van der Waals surface area contributed by atoms with Crippen molar-refractivity contribution >= 4 is 0 Å². The highest BCUT2D eigenvalue weighted by Gasteiger charge is 2.35. The first-order valence-corrected chi connectivity index (χ1v) is 10.9. The Morgan fingerprint density at radius 2 is 1.09 bits per heavy atom. The summed E-state index contributed by atoms with van der Waals surface area (Å²) in [5.41, 5.74) is 9.68. The lowest BCUT2D eigenvalue weighted by molar-refractivity contribution is 0.584. The average Bonchev–Trinajstić information content (AvgIpc) is 3.42. The molecular weight excluding hydrogens is 392 g/mol. The van der Waals surface area contributed by atoms with Gasteiger partial charge in [-0.25, -0.2) is 0 Å². The van der Waals surface area contributed by atoms with Crippen molar-refractivity contribution in [2.24, 2.45) is 0 Å². The highest BCUT2D eigenvalue weighted by Crippen LogP contribution is 2.49. The molecule has 0 spiro atoms. The van der Waals surface area contributed by atoms with Crippen LogP contribution in [-0.4, -0.2) is 10.2 Å². The maximum atomic E-state index is 5.90. The van der Waals surface area contributed by atoms with Crippen LogP contribution in [0.15, 0.2) is 101 Å². The topological polar surface area (TPSA) is 38.9 Å². The summed E-state index contributed by atoms with van der Waals surface area (Å²) in [6, 6.07) is 33.7. The number of fused-ring (bicyclic) bond motifs is 3. The minimum absolute atomic E-state index is 0.000521. The van der Waals surface area contributed by atoms with Crippen molar-refractivity contribution < 1.29 is 4.42 Å². The van der Waals surface area contributed by atoms with Gasteiger partial charge >= 0.3 is 0 Å². The molecule has 0 N–H and O–H groups in total. The van der Waals surface area contributed by atoms with Crippen LogP contribution in [0.5, 0.6) is 0 Å². The Morgan fingerprint density at radius 1 is 0.531 bits per heavy atom. The minimum atomic E-state index is -0.000521. The Bertz CT molecular complexity index is 1430. The van der Waals surface area contributed by atoms with Crippen LogP contribution in [0.4, 0.5) is 0 Å². The largest absolute Gasteiger partial charge is 0.416 e. The molecule has 0 unspecified atom stereocenters. The molecule has 3 nitrogen and oxygen atoms in total. The van der Waals surface area contributed by atoms with Gasteiger partial charge in [-0.2, -0.15) is 0 Å². The first-order valence-electron chi connectivity index (χ1n) is 10.9. The standard InChI is InChI=1S/C29H22N2O/c1-29(2)25-11-7-6-10-23(25)24-17-16-22(18-26(24)29)19-12-14-21(15-13-19)28-31-30-27(32-28)20-8-4-3-5-9-20/h3-18H,1-2H3. The summed E-state index contributed by atoms with van der Waals surface area (Å²) >= 11 is 0. The molecule has 1 aromatic heterocycles. The number of nitrogens with zero attached hydrogens (tertiary/aromatic N) is 2. The number of hydrogen-bond donors (Lipinski definition) is 0. The summed E-state index contributed by atoms with van der Waals surface area (Å²) < 4.78 is 5.90. The second kappa shape index (κ2) is 7.03. The molecule has 0 atom stereocenters. The zero-order chi connectivity index (χ0) is 21.7. The van der Waals surface area contributed by atoms with Crippen molar-refractivity contribution in [2.45, 2.75) is 19.3 Å².